The Morgan fingerprint density at radius 3 is 3.00 bits per heavy atom. The summed E-state index contributed by atoms with van der Waals surface area (Å²) in [7, 11) is 0. The van der Waals surface area contributed by atoms with Gasteiger partial charge < -0.3 is 5.11 Å². The SMILES string of the molecule is C#CC(=O)c1cnc(Cl)cc1CO. The summed E-state index contributed by atoms with van der Waals surface area (Å²) in [5.74, 6) is 1.44. The minimum atomic E-state index is -0.506. The summed E-state index contributed by atoms with van der Waals surface area (Å²) in [4.78, 5) is 14.8. The Bertz CT molecular complexity index is 382. The molecule has 0 saturated heterocycles. The number of aromatic nitrogens is 1. The van der Waals surface area contributed by atoms with Crippen LogP contribution in [0.15, 0.2) is 12.3 Å². The van der Waals surface area contributed by atoms with Gasteiger partial charge in [-0.3, -0.25) is 4.79 Å². The van der Waals surface area contributed by atoms with Crippen LogP contribution in [0.5, 0.6) is 0 Å². The Morgan fingerprint density at radius 1 is 1.77 bits per heavy atom. The third kappa shape index (κ3) is 2.05. The zero-order chi connectivity index (χ0) is 9.84. The van der Waals surface area contributed by atoms with Crippen molar-refractivity contribution in [2.75, 3.05) is 0 Å². The highest BCUT2D eigenvalue weighted by Gasteiger charge is 2.09. The van der Waals surface area contributed by atoms with E-state index >= 15 is 0 Å². The molecular formula is C9H6ClNO2. The van der Waals surface area contributed by atoms with Gasteiger partial charge in [0.1, 0.15) is 5.15 Å². The van der Waals surface area contributed by atoms with Gasteiger partial charge in [0.05, 0.1) is 12.2 Å². The van der Waals surface area contributed by atoms with Gasteiger partial charge >= 0.3 is 0 Å². The normalized spacial score (nSPS) is 9.31. The maximum Gasteiger partial charge on any atom is 0.237 e. The van der Waals surface area contributed by atoms with E-state index < -0.39 is 5.78 Å². The average molecular weight is 196 g/mol. The maximum absolute atomic E-state index is 11.1. The monoisotopic (exact) mass is 195 g/mol. The first kappa shape index (κ1) is 9.72. The summed E-state index contributed by atoms with van der Waals surface area (Å²) in [6, 6.07) is 1.41. The number of pyridine rings is 1. The molecule has 3 nitrogen and oxygen atoms in total. The summed E-state index contributed by atoms with van der Waals surface area (Å²) in [5.41, 5.74) is 0.609. The molecule has 0 aliphatic heterocycles. The van der Waals surface area contributed by atoms with Gasteiger partial charge in [-0.1, -0.05) is 11.6 Å². The van der Waals surface area contributed by atoms with Crippen molar-refractivity contribution < 1.29 is 9.90 Å². The molecule has 0 unspecified atom stereocenters. The molecule has 0 fully saturated rings. The zero-order valence-electron chi connectivity index (χ0n) is 6.62. The van der Waals surface area contributed by atoms with Crippen LogP contribution >= 0.6 is 11.6 Å². The van der Waals surface area contributed by atoms with E-state index in [9.17, 15) is 4.79 Å². The van der Waals surface area contributed by atoms with Gasteiger partial charge in [-0.05, 0) is 17.6 Å². The topological polar surface area (TPSA) is 50.2 Å². The molecule has 0 atom stereocenters. The van der Waals surface area contributed by atoms with E-state index in [1.807, 2.05) is 5.92 Å². The molecule has 1 aromatic rings. The Balaban J connectivity index is 3.23. The average Bonchev–Trinajstić information content (AvgIpc) is 2.16. The van der Waals surface area contributed by atoms with Gasteiger partial charge in [0.2, 0.25) is 5.78 Å². The van der Waals surface area contributed by atoms with Crippen LogP contribution in [0.25, 0.3) is 0 Å². The number of hydrogen-bond donors (Lipinski definition) is 1. The first-order valence-electron chi connectivity index (χ1n) is 3.45. The second-order valence-corrected chi connectivity index (χ2v) is 2.68. The minimum absolute atomic E-state index is 0.217. The number of carbonyl (C=O) groups is 1. The number of ketones is 1. The largest absolute Gasteiger partial charge is 0.392 e. The molecule has 0 radical (unpaired) electrons. The second-order valence-electron chi connectivity index (χ2n) is 2.30. The van der Waals surface area contributed by atoms with Crippen LogP contribution < -0.4 is 0 Å². The molecule has 1 heterocycles. The fraction of sp³-hybridized carbons (Fsp3) is 0.111. The molecule has 66 valence electrons. The van der Waals surface area contributed by atoms with Gasteiger partial charge in [-0.2, -0.15) is 0 Å². The first-order valence-corrected chi connectivity index (χ1v) is 3.83. The number of nitrogens with zero attached hydrogens (tertiary/aromatic N) is 1. The van der Waals surface area contributed by atoms with Crippen molar-refractivity contribution in [2.24, 2.45) is 0 Å². The highest BCUT2D eigenvalue weighted by Crippen LogP contribution is 2.13. The molecule has 1 rings (SSSR count). The van der Waals surface area contributed by atoms with Crippen LogP contribution in [0, 0.1) is 12.3 Å². The number of terminal acetylenes is 1. The second kappa shape index (κ2) is 4.04. The van der Waals surface area contributed by atoms with Crippen LogP contribution in [-0.4, -0.2) is 15.9 Å². The van der Waals surface area contributed by atoms with Gasteiger partial charge in [-0.15, -0.1) is 6.42 Å². The lowest BCUT2D eigenvalue weighted by atomic mass is 10.1. The number of hydrogen-bond acceptors (Lipinski definition) is 3. The molecule has 0 aromatic carbocycles. The summed E-state index contributed by atoms with van der Waals surface area (Å²) >= 11 is 5.56. The number of carbonyl (C=O) groups excluding carboxylic acids is 1. The molecular weight excluding hydrogens is 190 g/mol. The van der Waals surface area contributed by atoms with Crippen molar-refractivity contribution >= 4 is 17.4 Å². The van der Waals surface area contributed by atoms with E-state index in [-0.39, 0.29) is 17.3 Å². The van der Waals surface area contributed by atoms with E-state index in [1.165, 1.54) is 12.3 Å². The maximum atomic E-state index is 11.1. The quantitative estimate of drug-likeness (QED) is 0.332. The third-order valence-corrected chi connectivity index (χ3v) is 1.71. The van der Waals surface area contributed by atoms with Gasteiger partial charge in [-0.25, -0.2) is 4.98 Å². The summed E-state index contributed by atoms with van der Waals surface area (Å²) in [6.07, 6.45) is 6.18. The zero-order valence-corrected chi connectivity index (χ0v) is 7.38. The Labute approximate surface area is 80.4 Å². The van der Waals surface area contributed by atoms with Gasteiger partial charge in [0.15, 0.2) is 0 Å². The Kier molecular flexibility index (Phi) is 3.02. The predicted octanol–water partition coefficient (Wildman–Crippen LogP) is 1.04. The lowest BCUT2D eigenvalue weighted by molar-refractivity contribution is 0.105. The summed E-state index contributed by atoms with van der Waals surface area (Å²) < 4.78 is 0. The Hall–Kier alpha value is -1.37. The summed E-state index contributed by atoms with van der Waals surface area (Å²) in [5, 5.41) is 9.10. The smallest absolute Gasteiger partial charge is 0.237 e. The highest BCUT2D eigenvalue weighted by atomic mass is 35.5. The number of aliphatic hydroxyl groups excluding tert-OH is 1. The van der Waals surface area contributed by atoms with Gasteiger partial charge in [0, 0.05) is 6.20 Å². The summed E-state index contributed by atoms with van der Waals surface area (Å²) in [6.45, 7) is -0.287. The molecule has 0 amide bonds. The third-order valence-electron chi connectivity index (χ3n) is 1.50. The molecule has 0 bridgehead atoms. The molecule has 1 aromatic heterocycles. The van der Waals surface area contributed by atoms with Gasteiger partial charge in [0.25, 0.3) is 0 Å². The van der Waals surface area contributed by atoms with Crippen molar-refractivity contribution in [2.45, 2.75) is 6.61 Å². The van der Waals surface area contributed by atoms with Crippen LogP contribution in [-0.2, 0) is 6.61 Å². The molecule has 0 aliphatic carbocycles. The highest BCUT2D eigenvalue weighted by molar-refractivity contribution is 6.29. The number of halogens is 1. The van der Waals surface area contributed by atoms with Crippen LogP contribution in [0.1, 0.15) is 15.9 Å². The van der Waals surface area contributed by atoms with Crippen LogP contribution in [0.3, 0.4) is 0 Å². The van der Waals surface area contributed by atoms with Crippen molar-refractivity contribution in [3.63, 3.8) is 0 Å². The van der Waals surface area contributed by atoms with E-state index in [0.717, 1.165) is 0 Å². The molecule has 0 spiro atoms. The molecule has 1 N–H and O–H groups in total. The minimum Gasteiger partial charge on any atom is -0.392 e. The number of aliphatic hydroxyl groups is 1. The van der Waals surface area contributed by atoms with E-state index in [0.29, 0.717) is 5.56 Å². The molecule has 0 aliphatic rings. The van der Waals surface area contributed by atoms with Crippen molar-refractivity contribution in [1.29, 1.82) is 0 Å². The fourth-order valence-corrected chi connectivity index (χ4v) is 1.06. The van der Waals surface area contributed by atoms with Crippen LogP contribution in [0.4, 0.5) is 0 Å². The number of rotatable bonds is 2. The van der Waals surface area contributed by atoms with Crippen molar-refractivity contribution in [3.8, 4) is 12.3 Å². The first-order chi connectivity index (χ1) is 6.19. The molecule has 13 heavy (non-hydrogen) atoms. The van der Waals surface area contributed by atoms with Crippen molar-refractivity contribution in [1.82, 2.24) is 4.98 Å². The molecule has 0 saturated carbocycles. The fourth-order valence-electron chi connectivity index (χ4n) is 0.881. The lowest BCUT2D eigenvalue weighted by Gasteiger charge is -2.01. The van der Waals surface area contributed by atoms with Crippen LogP contribution in [0.2, 0.25) is 5.15 Å². The van der Waals surface area contributed by atoms with Crippen molar-refractivity contribution in [3.05, 3.63) is 28.5 Å². The number of Topliss-reactive ketones (excluding diaryl/α,β-unsaturated/α-hetero) is 1. The lowest BCUT2D eigenvalue weighted by Crippen LogP contribution is -2.02. The standard InChI is InChI=1S/C9H6ClNO2/c1-2-8(13)7-4-11-9(10)3-6(7)5-12/h1,3-4,12H,5H2. The molecule has 4 heteroatoms. The Morgan fingerprint density at radius 2 is 2.46 bits per heavy atom. The predicted molar refractivity (Wildman–Crippen MR) is 48.3 cm³/mol. The van der Waals surface area contributed by atoms with E-state index in [1.54, 1.807) is 0 Å². The van der Waals surface area contributed by atoms with E-state index in [2.05, 4.69) is 4.98 Å². The van der Waals surface area contributed by atoms with E-state index in [4.69, 9.17) is 23.1 Å².